The van der Waals surface area contributed by atoms with Gasteiger partial charge in [-0.3, -0.25) is 0 Å². The third-order valence-electron chi connectivity index (χ3n) is 5.08. The topological polar surface area (TPSA) is 56.3 Å². The number of benzene rings is 2. The highest BCUT2D eigenvalue weighted by molar-refractivity contribution is 7.16. The number of hydrogen-bond acceptors (Lipinski definition) is 3. The molecule has 0 atom stereocenters. The number of allylic oxidation sites excluding steroid dienone is 2. The lowest BCUT2D eigenvalue weighted by molar-refractivity contribution is 1.50. The summed E-state index contributed by atoms with van der Waals surface area (Å²) in [6, 6.07) is 14.8. The predicted molar refractivity (Wildman–Crippen MR) is 112 cm³/mol. The average Bonchev–Trinajstić information content (AvgIpc) is 3.37. The monoisotopic (exact) mass is 386 g/mol. The van der Waals surface area contributed by atoms with Crippen LogP contribution >= 0.6 is 11.3 Å². The maximum atomic E-state index is 9.58. The van der Waals surface area contributed by atoms with Gasteiger partial charge in [0.2, 0.25) is 0 Å². The van der Waals surface area contributed by atoms with Crippen molar-refractivity contribution in [3.05, 3.63) is 104 Å². The average molecular weight is 386 g/mol. The van der Waals surface area contributed by atoms with Gasteiger partial charge in [0.05, 0.1) is 28.0 Å². The molecule has 5 heteroatoms. The molecule has 29 heavy (non-hydrogen) atoms. The molecule has 2 aromatic carbocycles. The zero-order valence-corrected chi connectivity index (χ0v) is 15.5. The summed E-state index contributed by atoms with van der Waals surface area (Å²) in [5.41, 5.74) is 5.56. The molecule has 0 bridgehead atoms. The van der Waals surface area contributed by atoms with Crippen LogP contribution in [-0.4, -0.2) is 0 Å². The molecule has 4 nitrogen and oxygen atoms in total. The number of hydrogen-bond donors (Lipinski definition) is 0. The highest BCUT2D eigenvalue weighted by Gasteiger charge is 2.38. The van der Waals surface area contributed by atoms with E-state index in [1.165, 1.54) is 11.3 Å². The van der Waals surface area contributed by atoms with E-state index in [9.17, 15) is 10.5 Å². The van der Waals surface area contributed by atoms with Crippen molar-refractivity contribution in [2.75, 3.05) is 0 Å². The van der Waals surface area contributed by atoms with Crippen LogP contribution in [-0.2, 0) is 0 Å². The summed E-state index contributed by atoms with van der Waals surface area (Å²) < 4.78 is 16.0. The summed E-state index contributed by atoms with van der Waals surface area (Å²) in [7, 11) is 0. The second-order valence-corrected chi connectivity index (χ2v) is 7.37. The van der Waals surface area contributed by atoms with Gasteiger partial charge >= 0.3 is 0 Å². The molecule has 2 aliphatic rings. The molecule has 5 rings (SSSR count). The fourth-order valence-electron chi connectivity index (χ4n) is 4.00. The molecule has 1 aromatic heterocycles. The van der Waals surface area contributed by atoms with E-state index in [0.29, 0.717) is 22.3 Å². The van der Waals surface area contributed by atoms with Crippen molar-refractivity contribution in [3.63, 3.8) is 0 Å². The minimum absolute atomic E-state index is 0.0523. The van der Waals surface area contributed by atoms with Crippen molar-refractivity contribution in [3.8, 4) is 34.4 Å². The molecular formula is C24H8N4S. The lowest BCUT2D eigenvalue weighted by Crippen LogP contribution is -1.85. The molecule has 0 aliphatic heterocycles. The van der Waals surface area contributed by atoms with E-state index < -0.39 is 0 Å². The van der Waals surface area contributed by atoms with Crippen molar-refractivity contribution >= 4 is 22.5 Å². The van der Waals surface area contributed by atoms with Gasteiger partial charge < -0.3 is 0 Å². The summed E-state index contributed by atoms with van der Waals surface area (Å²) in [4.78, 5) is 8.30. The Morgan fingerprint density at radius 1 is 0.793 bits per heavy atom. The lowest BCUT2D eigenvalue weighted by Gasteiger charge is -2.04. The molecule has 0 fully saturated rings. The fourth-order valence-corrected chi connectivity index (χ4v) is 5.45. The van der Waals surface area contributed by atoms with E-state index >= 15 is 0 Å². The van der Waals surface area contributed by atoms with Crippen LogP contribution < -0.4 is 0 Å². The number of nitrogens with zero attached hydrogens (tertiary/aromatic N) is 4. The first-order valence-corrected chi connectivity index (χ1v) is 9.29. The van der Waals surface area contributed by atoms with Crippen LogP contribution in [0.4, 0.5) is 0 Å². The summed E-state index contributed by atoms with van der Waals surface area (Å²) in [5, 5.41) is 19.2. The smallest absolute Gasteiger partial charge is 0.226 e. The largest absolute Gasteiger partial charge is 0.271 e. The van der Waals surface area contributed by atoms with Gasteiger partial charge in [-0.15, -0.1) is 11.3 Å². The summed E-state index contributed by atoms with van der Waals surface area (Å²) in [6.07, 6.45) is 0. The predicted octanol–water partition coefficient (Wildman–Crippen LogP) is 6.11. The van der Waals surface area contributed by atoms with Gasteiger partial charge in [0, 0.05) is 32.0 Å². The second kappa shape index (κ2) is 6.05. The molecule has 2 aliphatic carbocycles. The Hall–Kier alpha value is -4.42. The van der Waals surface area contributed by atoms with Crippen LogP contribution in [0.5, 0.6) is 0 Å². The van der Waals surface area contributed by atoms with Gasteiger partial charge in [-0.2, -0.15) is 0 Å². The SMILES string of the molecule is [2H]c1ccc2c(c1)/C(=C(\C#N)[N+]#[C-])c1sc3c(c1-2)-c1ccc([2H])cc1/C3=C(/C#N)[N+]#[C-]. The highest BCUT2D eigenvalue weighted by Crippen LogP contribution is 2.61. The van der Waals surface area contributed by atoms with E-state index in [2.05, 4.69) is 9.69 Å². The molecule has 3 aromatic rings. The number of rotatable bonds is 0. The van der Waals surface area contributed by atoms with Gasteiger partial charge in [-0.25, -0.2) is 20.2 Å². The first kappa shape index (κ1) is 14.6. The Morgan fingerprint density at radius 2 is 1.24 bits per heavy atom. The quantitative estimate of drug-likeness (QED) is 0.238. The fraction of sp³-hybridized carbons (Fsp3) is 0. The molecule has 0 unspecified atom stereocenters. The Morgan fingerprint density at radius 3 is 1.62 bits per heavy atom. The third kappa shape index (κ3) is 2.03. The summed E-state index contributed by atoms with van der Waals surface area (Å²) in [5.74, 6) is 0. The highest BCUT2D eigenvalue weighted by atomic mass is 32.1. The van der Waals surface area contributed by atoms with Gasteiger partial charge in [0.1, 0.15) is 0 Å². The van der Waals surface area contributed by atoms with Crippen LogP contribution in [0.2, 0.25) is 0 Å². The maximum Gasteiger partial charge on any atom is 0.271 e. The van der Waals surface area contributed by atoms with E-state index in [4.69, 9.17) is 15.9 Å². The van der Waals surface area contributed by atoms with Crippen molar-refractivity contribution in [2.24, 2.45) is 0 Å². The molecule has 130 valence electrons. The van der Waals surface area contributed by atoms with Crippen molar-refractivity contribution < 1.29 is 2.74 Å². The molecule has 0 radical (unpaired) electrons. The Kier molecular flexibility index (Phi) is 3.05. The van der Waals surface area contributed by atoms with E-state index in [1.807, 2.05) is 24.3 Å². The van der Waals surface area contributed by atoms with Crippen molar-refractivity contribution in [1.82, 2.24) is 0 Å². The minimum atomic E-state index is -0.0523. The molecular weight excluding hydrogens is 376 g/mol. The van der Waals surface area contributed by atoms with Crippen molar-refractivity contribution in [2.45, 2.75) is 0 Å². The number of thiophene rings is 1. The minimum Gasteiger partial charge on any atom is -0.226 e. The zero-order chi connectivity index (χ0) is 21.9. The molecule has 0 saturated heterocycles. The molecule has 0 saturated carbocycles. The first-order chi connectivity index (χ1) is 15.0. The Bertz CT molecular complexity index is 1440. The van der Waals surface area contributed by atoms with Gasteiger partial charge in [0.25, 0.3) is 11.4 Å². The Labute approximate surface area is 174 Å². The van der Waals surface area contributed by atoms with Gasteiger partial charge in [-0.05, 0) is 22.3 Å². The standard InChI is InChI=1S/C24H8N4S/c1-27-17(11-25)19-13-7-3-5-9-15(13)21-22-16-10-6-4-8-14(16)20(18(12-26)28-2)24(22)29-23(19)21/h3-10H/b19-17-,20-18+/i3D,4D. The van der Waals surface area contributed by atoms with Crippen LogP contribution in [0.3, 0.4) is 0 Å². The zero-order valence-electron chi connectivity index (χ0n) is 16.7. The van der Waals surface area contributed by atoms with Crippen LogP contribution in [0.15, 0.2) is 59.9 Å². The van der Waals surface area contributed by atoms with Gasteiger partial charge in [0.15, 0.2) is 0 Å². The third-order valence-corrected chi connectivity index (χ3v) is 6.30. The summed E-state index contributed by atoms with van der Waals surface area (Å²) in [6.45, 7) is 15.0. The van der Waals surface area contributed by atoms with E-state index in [0.717, 1.165) is 32.0 Å². The molecule has 1 heterocycles. The molecule has 0 spiro atoms. The molecule has 0 N–H and O–H groups in total. The number of fused-ring (bicyclic) bond motifs is 7. The first-order valence-electron chi connectivity index (χ1n) is 9.48. The van der Waals surface area contributed by atoms with E-state index in [-0.39, 0.29) is 23.5 Å². The van der Waals surface area contributed by atoms with Crippen molar-refractivity contribution in [1.29, 1.82) is 10.5 Å². The van der Waals surface area contributed by atoms with Crippen LogP contribution in [0.25, 0.3) is 43.1 Å². The Balaban J connectivity index is 1.99. The second-order valence-electron chi connectivity index (χ2n) is 6.35. The van der Waals surface area contributed by atoms with Gasteiger partial charge in [-0.1, -0.05) is 48.5 Å². The number of nitriles is 2. The van der Waals surface area contributed by atoms with Crippen LogP contribution in [0, 0.1) is 35.8 Å². The van der Waals surface area contributed by atoms with Crippen LogP contribution in [0.1, 0.15) is 23.6 Å². The lowest BCUT2D eigenvalue weighted by atomic mass is 9.99. The summed E-state index contributed by atoms with van der Waals surface area (Å²) >= 11 is 1.34. The molecule has 0 amide bonds. The normalized spacial score (nSPS) is 16.6. The maximum absolute atomic E-state index is 9.58. The van der Waals surface area contributed by atoms with E-state index in [1.54, 1.807) is 24.3 Å².